The lowest BCUT2D eigenvalue weighted by atomic mass is 10.1. The average Bonchev–Trinajstić information content (AvgIpc) is 3.25. The van der Waals surface area contributed by atoms with E-state index in [0.717, 1.165) is 36.3 Å². The maximum Gasteiger partial charge on any atom is 0.305 e. The third-order valence-electron chi connectivity index (χ3n) is 5.56. The fourth-order valence-electron chi connectivity index (χ4n) is 3.87. The van der Waals surface area contributed by atoms with E-state index in [4.69, 9.17) is 19.3 Å². The summed E-state index contributed by atoms with van der Waals surface area (Å²) in [4.78, 5) is 10.5. The van der Waals surface area contributed by atoms with Crippen LogP contribution in [0.2, 0.25) is 0 Å². The number of carboxylic acids is 1. The van der Waals surface area contributed by atoms with E-state index >= 15 is 0 Å². The Kier molecular flexibility index (Phi) is 7.41. The van der Waals surface area contributed by atoms with E-state index in [0.29, 0.717) is 6.61 Å². The van der Waals surface area contributed by atoms with Crippen molar-refractivity contribution in [1.82, 2.24) is 0 Å². The summed E-state index contributed by atoms with van der Waals surface area (Å²) in [5.74, 6) is 0.872. The Morgan fingerprint density at radius 3 is 1.94 bits per heavy atom. The summed E-state index contributed by atoms with van der Waals surface area (Å²) < 4.78 is 17.7. The van der Waals surface area contributed by atoms with Crippen molar-refractivity contribution in [2.24, 2.45) is 0 Å². The second kappa shape index (κ2) is 10.8. The molecule has 4 rings (SSSR count). The van der Waals surface area contributed by atoms with Gasteiger partial charge >= 0.3 is 5.97 Å². The first-order valence-electron chi connectivity index (χ1n) is 11.0. The second-order valence-electron chi connectivity index (χ2n) is 8.02. The van der Waals surface area contributed by atoms with Crippen LogP contribution in [0.15, 0.2) is 78.9 Å². The van der Waals surface area contributed by atoms with Crippen molar-refractivity contribution >= 4 is 5.97 Å². The van der Waals surface area contributed by atoms with Crippen LogP contribution >= 0.6 is 0 Å². The predicted octanol–water partition coefficient (Wildman–Crippen LogP) is 5.72. The Morgan fingerprint density at radius 1 is 0.781 bits per heavy atom. The lowest BCUT2D eigenvalue weighted by Gasteiger charge is -2.16. The van der Waals surface area contributed by atoms with Crippen molar-refractivity contribution in [2.75, 3.05) is 6.61 Å². The van der Waals surface area contributed by atoms with Gasteiger partial charge in [0.2, 0.25) is 0 Å². The maximum atomic E-state index is 10.5. The number of benzene rings is 3. The summed E-state index contributed by atoms with van der Waals surface area (Å²) in [6.45, 7) is 0.613. The van der Waals surface area contributed by atoms with Gasteiger partial charge in [-0.1, -0.05) is 54.6 Å². The zero-order valence-electron chi connectivity index (χ0n) is 18.0. The highest BCUT2D eigenvalue weighted by Crippen LogP contribution is 2.29. The summed E-state index contributed by atoms with van der Waals surface area (Å²) in [5.41, 5.74) is 3.38. The first kappa shape index (κ1) is 21.9. The van der Waals surface area contributed by atoms with Crippen molar-refractivity contribution < 1.29 is 24.1 Å². The fraction of sp³-hybridized carbons (Fsp3) is 0.296. The zero-order chi connectivity index (χ0) is 22.2. The van der Waals surface area contributed by atoms with Gasteiger partial charge in [-0.05, 0) is 53.8 Å². The first-order valence-corrected chi connectivity index (χ1v) is 11.0. The van der Waals surface area contributed by atoms with E-state index in [1.54, 1.807) is 0 Å². The lowest BCUT2D eigenvalue weighted by Crippen LogP contribution is -2.17. The normalized spacial score (nSPS) is 17.8. The van der Waals surface area contributed by atoms with Crippen molar-refractivity contribution in [2.45, 2.75) is 44.5 Å². The average molecular weight is 433 g/mol. The van der Waals surface area contributed by atoms with Gasteiger partial charge in [-0.3, -0.25) is 4.79 Å². The van der Waals surface area contributed by atoms with Gasteiger partial charge < -0.3 is 19.3 Å². The van der Waals surface area contributed by atoms with Crippen LogP contribution in [0, 0.1) is 0 Å². The third-order valence-corrected chi connectivity index (χ3v) is 5.56. The number of carboxylic acid groups (broad SMARTS) is 1. The molecule has 32 heavy (non-hydrogen) atoms. The van der Waals surface area contributed by atoms with Crippen LogP contribution in [-0.4, -0.2) is 29.9 Å². The summed E-state index contributed by atoms with van der Waals surface area (Å²) >= 11 is 0. The molecule has 0 spiro atoms. The SMILES string of the molecule is O=C(O)CCOCc1ccc(OC2CCC(Oc3ccc(-c4ccccc4)cc3)C2)cc1. The molecular weight excluding hydrogens is 404 g/mol. The van der Waals surface area contributed by atoms with Crippen LogP contribution in [-0.2, 0) is 16.1 Å². The highest BCUT2D eigenvalue weighted by atomic mass is 16.5. The Balaban J connectivity index is 1.22. The first-order chi connectivity index (χ1) is 15.7. The van der Waals surface area contributed by atoms with E-state index < -0.39 is 5.97 Å². The minimum absolute atomic E-state index is 0.0171. The van der Waals surface area contributed by atoms with E-state index in [-0.39, 0.29) is 25.2 Å². The Hall–Kier alpha value is -3.31. The zero-order valence-corrected chi connectivity index (χ0v) is 18.0. The van der Waals surface area contributed by atoms with E-state index in [2.05, 4.69) is 24.3 Å². The molecule has 5 heteroatoms. The number of rotatable bonds is 10. The molecule has 0 bridgehead atoms. The molecular formula is C27H28O5. The predicted molar refractivity (Wildman–Crippen MR) is 123 cm³/mol. The van der Waals surface area contributed by atoms with Crippen LogP contribution in [0.5, 0.6) is 11.5 Å². The molecule has 1 saturated carbocycles. The Bertz CT molecular complexity index is 983. The molecule has 2 atom stereocenters. The Labute approximate surface area is 188 Å². The highest BCUT2D eigenvalue weighted by Gasteiger charge is 2.27. The second-order valence-corrected chi connectivity index (χ2v) is 8.02. The van der Waals surface area contributed by atoms with Crippen LogP contribution in [0.25, 0.3) is 11.1 Å². The minimum atomic E-state index is -0.850. The van der Waals surface area contributed by atoms with Gasteiger partial charge in [0.15, 0.2) is 0 Å². The van der Waals surface area contributed by atoms with Gasteiger partial charge in [-0.15, -0.1) is 0 Å². The highest BCUT2D eigenvalue weighted by molar-refractivity contribution is 5.66. The van der Waals surface area contributed by atoms with Crippen LogP contribution in [0.3, 0.4) is 0 Å². The molecule has 166 valence electrons. The number of ether oxygens (including phenoxy) is 3. The maximum absolute atomic E-state index is 10.5. The van der Waals surface area contributed by atoms with Crippen LogP contribution in [0.4, 0.5) is 0 Å². The quantitative estimate of drug-likeness (QED) is 0.415. The lowest BCUT2D eigenvalue weighted by molar-refractivity contribution is -0.138. The summed E-state index contributed by atoms with van der Waals surface area (Å²) in [5, 5.41) is 8.63. The fourth-order valence-corrected chi connectivity index (χ4v) is 3.87. The largest absolute Gasteiger partial charge is 0.490 e. The summed E-state index contributed by atoms with van der Waals surface area (Å²) in [7, 11) is 0. The molecule has 2 unspecified atom stereocenters. The standard InChI is InChI=1S/C27H28O5/c28-27(29)16-17-30-19-20-6-10-23(11-7-20)31-25-14-15-26(18-25)32-24-12-8-22(9-13-24)21-4-2-1-3-5-21/h1-13,25-26H,14-19H2,(H,28,29). The molecule has 1 N–H and O–H groups in total. The number of carbonyl (C=O) groups is 1. The molecule has 0 heterocycles. The number of hydrogen-bond donors (Lipinski definition) is 1. The van der Waals surface area contributed by atoms with Gasteiger partial charge in [0, 0.05) is 6.42 Å². The van der Waals surface area contributed by atoms with Crippen LogP contribution in [0.1, 0.15) is 31.2 Å². The molecule has 0 saturated heterocycles. The van der Waals surface area contributed by atoms with Crippen molar-refractivity contribution in [3.63, 3.8) is 0 Å². The van der Waals surface area contributed by atoms with Crippen LogP contribution < -0.4 is 9.47 Å². The molecule has 1 aliphatic carbocycles. The van der Waals surface area contributed by atoms with Gasteiger partial charge in [0.05, 0.1) is 19.6 Å². The van der Waals surface area contributed by atoms with Gasteiger partial charge in [0.1, 0.15) is 23.7 Å². The molecule has 0 aliphatic heterocycles. The van der Waals surface area contributed by atoms with E-state index in [9.17, 15) is 4.79 Å². The smallest absolute Gasteiger partial charge is 0.305 e. The minimum Gasteiger partial charge on any atom is -0.490 e. The summed E-state index contributed by atoms with van der Waals surface area (Å²) in [6.07, 6.45) is 3.11. The summed E-state index contributed by atoms with van der Waals surface area (Å²) in [6, 6.07) is 26.4. The molecule has 0 radical (unpaired) electrons. The molecule has 0 amide bonds. The monoisotopic (exact) mass is 432 g/mol. The van der Waals surface area contributed by atoms with Crippen molar-refractivity contribution in [1.29, 1.82) is 0 Å². The van der Waals surface area contributed by atoms with Crippen molar-refractivity contribution in [3.05, 3.63) is 84.4 Å². The third kappa shape index (κ3) is 6.34. The molecule has 1 aliphatic rings. The molecule has 1 fully saturated rings. The van der Waals surface area contributed by atoms with E-state index in [1.807, 2.05) is 54.6 Å². The molecule has 0 aromatic heterocycles. The molecule has 3 aromatic carbocycles. The van der Waals surface area contributed by atoms with Gasteiger partial charge in [0.25, 0.3) is 0 Å². The Morgan fingerprint density at radius 2 is 1.34 bits per heavy atom. The van der Waals surface area contributed by atoms with E-state index in [1.165, 1.54) is 11.1 Å². The van der Waals surface area contributed by atoms with Crippen molar-refractivity contribution in [3.8, 4) is 22.6 Å². The van der Waals surface area contributed by atoms with Gasteiger partial charge in [-0.25, -0.2) is 0 Å². The molecule has 3 aromatic rings. The number of aliphatic carboxylic acids is 1. The van der Waals surface area contributed by atoms with Gasteiger partial charge in [-0.2, -0.15) is 0 Å². The molecule has 5 nitrogen and oxygen atoms in total. The number of hydrogen-bond acceptors (Lipinski definition) is 4. The topological polar surface area (TPSA) is 65.0 Å².